The van der Waals surface area contributed by atoms with Crippen molar-refractivity contribution in [3.8, 4) is 17.0 Å². The molecule has 2 aromatic carbocycles. The van der Waals surface area contributed by atoms with Gasteiger partial charge in [-0.25, -0.2) is 13.4 Å². The minimum absolute atomic E-state index is 0.0584. The number of carbonyl (C=O) groups is 1. The van der Waals surface area contributed by atoms with Gasteiger partial charge in [0, 0.05) is 23.0 Å². The quantitative estimate of drug-likeness (QED) is 0.590. The van der Waals surface area contributed by atoms with Crippen molar-refractivity contribution in [3.63, 3.8) is 0 Å². The predicted octanol–water partition coefficient (Wildman–Crippen LogP) is 3.39. The first kappa shape index (κ1) is 20.1. The molecule has 0 bridgehead atoms. The normalized spacial score (nSPS) is 11.1. The van der Waals surface area contributed by atoms with Gasteiger partial charge in [0.15, 0.2) is 11.7 Å². The van der Waals surface area contributed by atoms with Crippen LogP contribution in [0.2, 0.25) is 5.02 Å². The Morgan fingerprint density at radius 2 is 1.82 bits per heavy atom. The molecule has 1 heterocycles. The molecule has 0 radical (unpaired) electrons. The molecular weight excluding hydrogens is 422 g/mol. The van der Waals surface area contributed by atoms with E-state index in [0.717, 1.165) is 5.56 Å². The summed E-state index contributed by atoms with van der Waals surface area (Å²) >= 11 is 7.06. The molecule has 0 unspecified atom stereocenters. The molecule has 0 spiro atoms. The summed E-state index contributed by atoms with van der Waals surface area (Å²) in [5, 5.41) is 5.06. The van der Waals surface area contributed by atoms with E-state index >= 15 is 0 Å². The lowest BCUT2D eigenvalue weighted by Gasteiger charge is -2.08. The predicted molar refractivity (Wildman–Crippen MR) is 109 cm³/mol. The maximum absolute atomic E-state index is 12.5. The fourth-order valence-electron chi connectivity index (χ4n) is 2.18. The first-order valence-corrected chi connectivity index (χ1v) is 10.8. The summed E-state index contributed by atoms with van der Waals surface area (Å²) in [4.78, 5) is 15.6. The van der Waals surface area contributed by atoms with Gasteiger partial charge in [0.1, 0.15) is 5.75 Å². The average Bonchev–Trinajstić information content (AvgIpc) is 3.14. The number of amides is 1. The van der Waals surface area contributed by atoms with Gasteiger partial charge in [-0.1, -0.05) is 23.7 Å². The lowest BCUT2D eigenvalue weighted by molar-refractivity contribution is -0.122. The molecule has 1 aromatic heterocycles. The van der Waals surface area contributed by atoms with E-state index in [2.05, 4.69) is 15.0 Å². The van der Waals surface area contributed by atoms with E-state index in [-0.39, 0.29) is 22.5 Å². The summed E-state index contributed by atoms with van der Waals surface area (Å²) < 4.78 is 32.8. The Hall–Kier alpha value is -2.62. The zero-order chi connectivity index (χ0) is 20.1. The molecule has 1 amide bonds. The third-order valence-corrected chi connectivity index (χ3v) is 6.14. The van der Waals surface area contributed by atoms with Crippen molar-refractivity contribution in [2.45, 2.75) is 4.90 Å². The summed E-state index contributed by atoms with van der Waals surface area (Å²) in [7, 11) is -2.30. The number of aromatic nitrogens is 1. The van der Waals surface area contributed by atoms with Crippen molar-refractivity contribution in [2.75, 3.05) is 18.4 Å². The zero-order valence-corrected chi connectivity index (χ0v) is 17.1. The van der Waals surface area contributed by atoms with Crippen molar-refractivity contribution in [3.05, 3.63) is 58.9 Å². The molecule has 0 fully saturated rings. The lowest BCUT2D eigenvalue weighted by Crippen LogP contribution is -2.24. The highest BCUT2D eigenvalue weighted by atomic mass is 35.5. The van der Waals surface area contributed by atoms with Crippen LogP contribution in [0.15, 0.2) is 58.8 Å². The molecular formula is C18H16ClN3O4S2. The van der Waals surface area contributed by atoms with Crippen LogP contribution in [0.1, 0.15) is 0 Å². The van der Waals surface area contributed by atoms with E-state index in [9.17, 15) is 13.2 Å². The highest BCUT2D eigenvalue weighted by Gasteiger charge is 2.17. The van der Waals surface area contributed by atoms with Gasteiger partial charge in [-0.15, -0.1) is 11.3 Å². The Morgan fingerprint density at radius 1 is 1.14 bits per heavy atom. The van der Waals surface area contributed by atoms with Crippen LogP contribution in [0.3, 0.4) is 0 Å². The molecule has 3 aromatic rings. The lowest BCUT2D eigenvalue weighted by atomic mass is 10.2. The van der Waals surface area contributed by atoms with Gasteiger partial charge in [0.05, 0.1) is 10.6 Å². The number of sulfonamides is 1. The molecule has 0 saturated carbocycles. The molecule has 7 nitrogen and oxygen atoms in total. The van der Waals surface area contributed by atoms with E-state index in [1.807, 2.05) is 12.1 Å². The van der Waals surface area contributed by atoms with Crippen LogP contribution in [0.5, 0.6) is 5.75 Å². The maximum Gasteiger partial charge on any atom is 0.263 e. The van der Waals surface area contributed by atoms with Crippen molar-refractivity contribution >= 4 is 44.0 Å². The van der Waals surface area contributed by atoms with Crippen molar-refractivity contribution in [1.29, 1.82) is 0 Å². The molecule has 3 rings (SSSR count). The van der Waals surface area contributed by atoms with Crippen LogP contribution in [0, 0.1) is 0 Å². The number of anilines is 1. The Balaban J connectivity index is 1.70. The maximum atomic E-state index is 12.5. The molecule has 2 N–H and O–H groups in total. The van der Waals surface area contributed by atoms with Crippen molar-refractivity contribution < 1.29 is 17.9 Å². The summed E-state index contributed by atoms with van der Waals surface area (Å²) in [6.45, 7) is -0.145. The first-order chi connectivity index (χ1) is 13.4. The van der Waals surface area contributed by atoms with E-state index in [1.54, 1.807) is 17.5 Å². The van der Waals surface area contributed by atoms with E-state index in [4.69, 9.17) is 16.3 Å². The van der Waals surface area contributed by atoms with Crippen molar-refractivity contribution in [1.82, 2.24) is 10.3 Å². The van der Waals surface area contributed by atoms with Crippen LogP contribution in [0.25, 0.3) is 11.3 Å². The second-order valence-electron chi connectivity index (χ2n) is 5.58. The van der Waals surface area contributed by atoms with Gasteiger partial charge < -0.3 is 10.1 Å². The molecule has 0 aliphatic rings. The molecule has 0 aliphatic carbocycles. The summed E-state index contributed by atoms with van der Waals surface area (Å²) in [5.74, 6) is 0.112. The molecule has 10 heteroatoms. The highest BCUT2D eigenvalue weighted by molar-refractivity contribution is 7.93. The Kier molecular flexibility index (Phi) is 6.18. The van der Waals surface area contributed by atoms with E-state index < -0.39 is 10.0 Å². The number of hydrogen-bond acceptors (Lipinski definition) is 6. The molecule has 0 atom stereocenters. The molecule has 146 valence electrons. The number of ether oxygens (including phenoxy) is 1. The second-order valence-corrected chi connectivity index (χ2v) is 8.56. The minimum Gasteiger partial charge on any atom is -0.484 e. The smallest absolute Gasteiger partial charge is 0.263 e. The topological polar surface area (TPSA) is 97.4 Å². The van der Waals surface area contributed by atoms with Gasteiger partial charge in [0.25, 0.3) is 15.9 Å². The molecule has 28 heavy (non-hydrogen) atoms. The Labute approximate surface area is 171 Å². The second kappa shape index (κ2) is 8.59. The molecule has 0 saturated heterocycles. The third kappa shape index (κ3) is 5.00. The first-order valence-electron chi connectivity index (χ1n) is 8.05. The van der Waals surface area contributed by atoms with Crippen LogP contribution >= 0.6 is 22.9 Å². The van der Waals surface area contributed by atoms with Crippen LogP contribution in [-0.2, 0) is 14.8 Å². The van der Waals surface area contributed by atoms with Gasteiger partial charge in [-0.05, 0) is 36.4 Å². The number of rotatable bonds is 7. The average molecular weight is 438 g/mol. The number of thiazole rings is 1. The summed E-state index contributed by atoms with van der Waals surface area (Å²) in [5.41, 5.74) is 1.49. The number of likely N-dealkylation sites (N-methyl/N-ethyl adjacent to an activating group) is 1. The van der Waals surface area contributed by atoms with E-state index in [1.165, 1.54) is 42.6 Å². The number of carbonyl (C=O) groups excluding carboxylic acids is 1. The van der Waals surface area contributed by atoms with Crippen molar-refractivity contribution in [2.24, 2.45) is 0 Å². The Bertz CT molecular complexity index is 1060. The standard InChI is InChI=1S/C18H16ClN3O4S2/c1-20-17(23)10-26-14-6-8-15(9-7-14)28(24,25)22-18-21-16(11-27-18)12-2-4-13(19)5-3-12/h2-9,11H,10H2,1H3,(H,20,23)(H,21,22). The summed E-state index contributed by atoms with van der Waals surface area (Å²) in [6, 6.07) is 12.9. The monoisotopic (exact) mass is 437 g/mol. The van der Waals surface area contributed by atoms with Crippen LogP contribution in [0.4, 0.5) is 5.13 Å². The SMILES string of the molecule is CNC(=O)COc1ccc(S(=O)(=O)Nc2nc(-c3ccc(Cl)cc3)cs2)cc1. The van der Waals surface area contributed by atoms with Gasteiger partial charge in [-0.3, -0.25) is 9.52 Å². The number of nitrogens with one attached hydrogen (secondary N) is 2. The van der Waals surface area contributed by atoms with E-state index in [0.29, 0.717) is 16.5 Å². The minimum atomic E-state index is -3.80. The van der Waals surface area contributed by atoms with Crippen LogP contribution < -0.4 is 14.8 Å². The third-order valence-electron chi connectivity index (χ3n) is 3.65. The summed E-state index contributed by atoms with van der Waals surface area (Å²) in [6.07, 6.45) is 0. The number of hydrogen-bond donors (Lipinski definition) is 2. The fraction of sp³-hybridized carbons (Fsp3) is 0.111. The van der Waals surface area contributed by atoms with Gasteiger partial charge >= 0.3 is 0 Å². The largest absolute Gasteiger partial charge is 0.484 e. The number of nitrogens with zero attached hydrogens (tertiary/aromatic N) is 1. The zero-order valence-electron chi connectivity index (χ0n) is 14.7. The van der Waals surface area contributed by atoms with Gasteiger partial charge in [-0.2, -0.15) is 0 Å². The highest BCUT2D eigenvalue weighted by Crippen LogP contribution is 2.27. The fourth-order valence-corrected chi connectivity index (χ4v) is 4.28. The van der Waals surface area contributed by atoms with Gasteiger partial charge in [0.2, 0.25) is 0 Å². The Morgan fingerprint density at radius 3 is 2.46 bits per heavy atom. The number of halogens is 1. The number of benzene rings is 2. The molecule has 0 aliphatic heterocycles. The van der Waals surface area contributed by atoms with Crippen LogP contribution in [-0.4, -0.2) is 33.0 Å².